The van der Waals surface area contributed by atoms with Gasteiger partial charge in [-0.15, -0.1) is 0 Å². The summed E-state index contributed by atoms with van der Waals surface area (Å²) in [6.45, 7) is 3.39. The Bertz CT molecular complexity index is 1200. The van der Waals surface area contributed by atoms with Crippen molar-refractivity contribution in [3.63, 3.8) is 0 Å². The maximum atomic E-state index is 13.3. The number of fused-ring (bicyclic) bond motifs is 2. The summed E-state index contributed by atoms with van der Waals surface area (Å²) in [5, 5.41) is 11.2. The van der Waals surface area contributed by atoms with E-state index in [9.17, 15) is 9.59 Å². The summed E-state index contributed by atoms with van der Waals surface area (Å²) < 4.78 is 7.49. The third-order valence-electron chi connectivity index (χ3n) is 6.77. The number of carbonyl (C=O) groups is 2. The Kier molecular flexibility index (Phi) is 5.86. The second-order valence-corrected chi connectivity index (χ2v) is 9.88. The molecule has 2 amide bonds. The second kappa shape index (κ2) is 8.82. The van der Waals surface area contributed by atoms with Crippen LogP contribution in [0.15, 0.2) is 47.1 Å². The van der Waals surface area contributed by atoms with Crippen molar-refractivity contribution in [2.75, 3.05) is 13.1 Å². The van der Waals surface area contributed by atoms with E-state index in [1.807, 2.05) is 48.2 Å². The highest BCUT2D eigenvalue weighted by Gasteiger charge is 2.44. The van der Waals surface area contributed by atoms with Gasteiger partial charge in [0.15, 0.2) is 0 Å². The summed E-state index contributed by atoms with van der Waals surface area (Å²) in [6.07, 6.45) is 5.33. The van der Waals surface area contributed by atoms with Crippen LogP contribution in [0.5, 0.6) is 5.75 Å². The molecule has 1 fully saturated rings. The number of ether oxygens (including phenoxy) is 1. The average Bonchev–Trinajstić information content (AvgIpc) is 3.29. The Hall–Kier alpha value is -2.87. The molecular formula is C25H27BrN4O3. The Morgan fingerprint density at radius 1 is 1.27 bits per heavy atom. The number of likely N-dealkylation sites (tertiary alicyclic amines) is 1. The predicted octanol–water partition coefficient (Wildman–Crippen LogP) is 4.74. The Morgan fingerprint density at radius 3 is 2.88 bits per heavy atom. The van der Waals surface area contributed by atoms with Gasteiger partial charge in [0.05, 0.1) is 23.3 Å². The summed E-state index contributed by atoms with van der Waals surface area (Å²) >= 11 is 3.56. The third-order valence-corrected chi connectivity index (χ3v) is 7.26. The summed E-state index contributed by atoms with van der Waals surface area (Å²) in [7, 11) is 0. The van der Waals surface area contributed by atoms with Gasteiger partial charge in [-0.25, -0.2) is 0 Å². The molecule has 0 aliphatic carbocycles. The maximum absolute atomic E-state index is 13.3. The molecule has 172 valence electrons. The topological polar surface area (TPSA) is 87.3 Å². The van der Waals surface area contributed by atoms with Crippen LogP contribution in [0.3, 0.4) is 0 Å². The van der Waals surface area contributed by atoms with Gasteiger partial charge in [-0.2, -0.15) is 5.10 Å². The molecule has 2 N–H and O–H groups in total. The highest BCUT2D eigenvalue weighted by molar-refractivity contribution is 9.10. The largest absolute Gasteiger partial charge is 0.487 e. The fourth-order valence-electron chi connectivity index (χ4n) is 5.01. The minimum atomic E-state index is -0.401. The van der Waals surface area contributed by atoms with Gasteiger partial charge in [-0.05, 0) is 30.7 Å². The first-order valence-corrected chi connectivity index (χ1v) is 12.3. The lowest BCUT2D eigenvalue weighted by atomic mass is 9.80. The number of rotatable bonds is 4. The summed E-state index contributed by atoms with van der Waals surface area (Å²) in [5.74, 6) is 0.862. The zero-order valence-corrected chi connectivity index (χ0v) is 20.2. The molecular weight excluding hydrogens is 484 g/mol. The molecule has 0 bridgehead atoms. The molecule has 8 heteroatoms. The van der Waals surface area contributed by atoms with Crippen LogP contribution in [0, 0.1) is 0 Å². The summed E-state index contributed by atoms with van der Waals surface area (Å²) in [4.78, 5) is 27.7. The summed E-state index contributed by atoms with van der Waals surface area (Å²) in [5.41, 5.74) is 1.86. The number of para-hydroxylation sites is 1. The van der Waals surface area contributed by atoms with Crippen molar-refractivity contribution in [3.8, 4) is 5.75 Å². The number of carbonyl (C=O) groups excluding carboxylic acids is 2. The van der Waals surface area contributed by atoms with Crippen LogP contribution in [0.4, 0.5) is 0 Å². The van der Waals surface area contributed by atoms with Crippen LogP contribution < -0.4 is 10.1 Å². The number of nitrogens with zero attached hydrogens (tertiary/aromatic N) is 2. The minimum absolute atomic E-state index is 0.145. The molecule has 1 unspecified atom stereocenters. The number of aromatic nitrogens is 2. The highest BCUT2D eigenvalue weighted by atomic mass is 79.9. The van der Waals surface area contributed by atoms with Crippen LogP contribution in [0.2, 0.25) is 0 Å². The lowest BCUT2D eigenvalue weighted by molar-refractivity contribution is -0.135. The molecule has 1 spiro atoms. The molecule has 3 heterocycles. The van der Waals surface area contributed by atoms with E-state index < -0.39 is 5.60 Å². The first-order chi connectivity index (χ1) is 16.0. The Labute approximate surface area is 201 Å². The zero-order valence-electron chi connectivity index (χ0n) is 18.6. The number of benzene rings is 2. The van der Waals surface area contributed by atoms with E-state index >= 15 is 0 Å². The van der Waals surface area contributed by atoms with Crippen LogP contribution in [-0.4, -0.2) is 45.6 Å². The number of H-pyrrole nitrogens is 1. The SMILES string of the molecule is CCCC(=O)N1CCC2(CC1)CC(NC(=O)c1cccc3cn[nH]c13)c1cc(Br)ccc1O2. The second-order valence-electron chi connectivity index (χ2n) is 8.97. The molecule has 7 nitrogen and oxygen atoms in total. The predicted molar refractivity (Wildman–Crippen MR) is 129 cm³/mol. The molecule has 0 saturated carbocycles. The zero-order chi connectivity index (χ0) is 23.0. The number of piperidine rings is 1. The van der Waals surface area contributed by atoms with E-state index in [0.717, 1.165) is 46.0 Å². The average molecular weight is 511 g/mol. The van der Waals surface area contributed by atoms with E-state index in [1.165, 1.54) is 0 Å². The number of hydrogen-bond donors (Lipinski definition) is 2. The van der Waals surface area contributed by atoms with Crippen molar-refractivity contribution < 1.29 is 14.3 Å². The van der Waals surface area contributed by atoms with Crippen LogP contribution >= 0.6 is 15.9 Å². The van der Waals surface area contributed by atoms with E-state index in [0.29, 0.717) is 31.5 Å². The number of halogens is 1. The van der Waals surface area contributed by atoms with Crippen molar-refractivity contribution in [1.82, 2.24) is 20.4 Å². The Morgan fingerprint density at radius 2 is 2.09 bits per heavy atom. The van der Waals surface area contributed by atoms with E-state index in [1.54, 1.807) is 6.20 Å². The number of nitrogens with one attached hydrogen (secondary N) is 2. The van der Waals surface area contributed by atoms with Crippen molar-refractivity contribution in [2.24, 2.45) is 0 Å². The van der Waals surface area contributed by atoms with E-state index in [-0.39, 0.29) is 17.9 Å². The van der Waals surface area contributed by atoms with Crippen LogP contribution in [0.1, 0.15) is 61.0 Å². The third kappa shape index (κ3) is 4.24. The van der Waals surface area contributed by atoms with Crippen molar-refractivity contribution in [2.45, 2.75) is 50.7 Å². The lowest BCUT2D eigenvalue weighted by Crippen LogP contribution is -2.53. The monoisotopic (exact) mass is 510 g/mol. The van der Waals surface area contributed by atoms with Crippen molar-refractivity contribution >= 4 is 38.6 Å². The van der Waals surface area contributed by atoms with Gasteiger partial charge in [0.1, 0.15) is 11.4 Å². The number of hydrogen-bond acceptors (Lipinski definition) is 4. The van der Waals surface area contributed by atoms with Gasteiger partial charge < -0.3 is 15.0 Å². The van der Waals surface area contributed by atoms with Gasteiger partial charge >= 0.3 is 0 Å². The molecule has 33 heavy (non-hydrogen) atoms. The highest BCUT2D eigenvalue weighted by Crippen LogP contribution is 2.45. The quantitative estimate of drug-likeness (QED) is 0.530. The smallest absolute Gasteiger partial charge is 0.253 e. The molecule has 0 radical (unpaired) electrons. The van der Waals surface area contributed by atoms with E-state index in [2.05, 4.69) is 31.4 Å². The molecule has 5 rings (SSSR count). The summed E-state index contributed by atoms with van der Waals surface area (Å²) in [6, 6.07) is 11.3. The molecule has 1 saturated heterocycles. The van der Waals surface area contributed by atoms with Crippen LogP contribution in [0.25, 0.3) is 10.9 Å². The lowest BCUT2D eigenvalue weighted by Gasteiger charge is -2.47. The number of amides is 2. The Balaban J connectivity index is 1.41. The van der Waals surface area contributed by atoms with Gasteiger partial charge in [0.2, 0.25) is 5.91 Å². The molecule has 3 aromatic rings. The molecule has 1 aromatic heterocycles. The van der Waals surface area contributed by atoms with Gasteiger partial charge in [-0.1, -0.05) is 35.0 Å². The van der Waals surface area contributed by atoms with Gasteiger partial charge in [-0.3, -0.25) is 14.7 Å². The van der Waals surface area contributed by atoms with Crippen LogP contribution in [-0.2, 0) is 4.79 Å². The number of aromatic amines is 1. The molecule has 2 aliphatic rings. The maximum Gasteiger partial charge on any atom is 0.253 e. The van der Waals surface area contributed by atoms with Gasteiger partial charge in [0.25, 0.3) is 5.91 Å². The first kappa shape index (κ1) is 21.9. The standard InChI is InChI=1S/C25H27BrN4O3/c1-2-4-22(31)30-11-9-25(10-12-30)14-20(19-13-17(26)7-8-21(19)33-25)28-24(32)18-6-3-5-16-15-27-29-23(16)18/h3,5-8,13,15,20H,2,4,9-12,14H2,1H3,(H,27,29)(H,28,32). The molecule has 2 aliphatic heterocycles. The fraction of sp³-hybridized carbons (Fsp3) is 0.400. The van der Waals surface area contributed by atoms with E-state index in [4.69, 9.17) is 4.74 Å². The van der Waals surface area contributed by atoms with Gasteiger partial charge in [0, 0.05) is 54.2 Å². The molecule has 1 atom stereocenters. The molecule has 2 aromatic carbocycles. The fourth-order valence-corrected chi connectivity index (χ4v) is 5.38. The van der Waals surface area contributed by atoms with Crippen molar-refractivity contribution in [3.05, 3.63) is 58.2 Å². The van der Waals surface area contributed by atoms with Crippen molar-refractivity contribution in [1.29, 1.82) is 0 Å². The normalized spacial score (nSPS) is 19.2. The first-order valence-electron chi connectivity index (χ1n) is 11.5. The minimum Gasteiger partial charge on any atom is -0.487 e.